The molecule has 0 spiro atoms. The van der Waals surface area contributed by atoms with Gasteiger partial charge in [-0.15, -0.1) is 0 Å². The summed E-state index contributed by atoms with van der Waals surface area (Å²) >= 11 is 0. The molecule has 1 fully saturated rings. The summed E-state index contributed by atoms with van der Waals surface area (Å²) in [4.78, 5) is 13.7. The molecule has 2 heterocycles. The number of anilines is 3. The number of carbonyl (C=O) groups is 1. The lowest BCUT2D eigenvalue weighted by molar-refractivity contribution is -0.118. The molecule has 1 amide bonds. The highest BCUT2D eigenvalue weighted by molar-refractivity contribution is 5.97. The monoisotopic (exact) mass is 261 g/mol. The summed E-state index contributed by atoms with van der Waals surface area (Å²) in [6.45, 7) is 3.29. The van der Waals surface area contributed by atoms with Crippen LogP contribution in [-0.4, -0.2) is 25.1 Å². The zero-order valence-corrected chi connectivity index (χ0v) is 11.1. The first-order chi connectivity index (χ1) is 9.15. The fourth-order valence-corrected chi connectivity index (χ4v) is 2.84. The van der Waals surface area contributed by atoms with Crippen molar-refractivity contribution >= 4 is 23.0 Å². The Balaban J connectivity index is 1.97. The maximum atomic E-state index is 11.4. The van der Waals surface area contributed by atoms with Gasteiger partial charge in [0.15, 0.2) is 6.61 Å². The number of nitrogens with zero attached hydrogens (tertiary/aromatic N) is 1. The minimum atomic E-state index is -0.116. The van der Waals surface area contributed by atoms with E-state index in [9.17, 15) is 4.79 Å². The molecule has 2 aliphatic rings. The summed E-state index contributed by atoms with van der Waals surface area (Å²) in [6, 6.07) is 4.23. The van der Waals surface area contributed by atoms with E-state index in [1.165, 1.54) is 19.3 Å². The van der Waals surface area contributed by atoms with Gasteiger partial charge < -0.3 is 20.7 Å². The first-order valence-electron chi connectivity index (χ1n) is 6.78. The van der Waals surface area contributed by atoms with E-state index in [2.05, 4.69) is 17.1 Å². The van der Waals surface area contributed by atoms with Crippen molar-refractivity contribution in [2.45, 2.75) is 32.2 Å². The molecule has 2 aliphatic heterocycles. The highest BCUT2D eigenvalue weighted by atomic mass is 16.5. The zero-order valence-electron chi connectivity index (χ0n) is 11.1. The molecule has 3 N–H and O–H groups in total. The lowest BCUT2D eigenvalue weighted by atomic mass is 10.0. The second-order valence-corrected chi connectivity index (χ2v) is 5.28. The van der Waals surface area contributed by atoms with E-state index in [1.54, 1.807) is 0 Å². The third kappa shape index (κ3) is 2.20. The molecule has 1 unspecified atom stereocenters. The Morgan fingerprint density at radius 3 is 3.05 bits per heavy atom. The lowest BCUT2D eigenvalue weighted by Crippen LogP contribution is -2.38. The van der Waals surface area contributed by atoms with E-state index in [4.69, 9.17) is 10.5 Å². The van der Waals surface area contributed by atoms with Gasteiger partial charge >= 0.3 is 0 Å². The fourth-order valence-electron chi connectivity index (χ4n) is 2.84. The summed E-state index contributed by atoms with van der Waals surface area (Å²) in [5.74, 6) is 0.542. The third-order valence-electron chi connectivity index (χ3n) is 3.87. The van der Waals surface area contributed by atoms with Crippen molar-refractivity contribution in [2.75, 3.05) is 29.1 Å². The number of rotatable bonds is 1. The van der Waals surface area contributed by atoms with Crippen LogP contribution >= 0.6 is 0 Å². The molecule has 0 aromatic heterocycles. The van der Waals surface area contributed by atoms with Crippen molar-refractivity contribution in [1.29, 1.82) is 0 Å². The molecule has 0 saturated carbocycles. The summed E-state index contributed by atoms with van der Waals surface area (Å²) in [6.07, 6.45) is 3.63. The van der Waals surface area contributed by atoms with Crippen LogP contribution < -0.4 is 20.7 Å². The molecular formula is C14H19N3O2. The zero-order chi connectivity index (χ0) is 13.4. The van der Waals surface area contributed by atoms with Crippen LogP contribution in [0, 0.1) is 0 Å². The number of piperidine rings is 1. The topological polar surface area (TPSA) is 67.6 Å². The molecule has 0 bridgehead atoms. The number of ether oxygens (including phenoxy) is 1. The largest absolute Gasteiger partial charge is 0.482 e. The van der Waals surface area contributed by atoms with Gasteiger partial charge in [-0.05, 0) is 32.3 Å². The molecule has 5 nitrogen and oxygen atoms in total. The summed E-state index contributed by atoms with van der Waals surface area (Å²) in [7, 11) is 0. The van der Waals surface area contributed by atoms with E-state index in [-0.39, 0.29) is 12.5 Å². The second-order valence-electron chi connectivity index (χ2n) is 5.28. The van der Waals surface area contributed by atoms with Crippen molar-refractivity contribution in [3.05, 3.63) is 12.1 Å². The van der Waals surface area contributed by atoms with Crippen molar-refractivity contribution in [1.82, 2.24) is 0 Å². The molecule has 19 heavy (non-hydrogen) atoms. The number of amides is 1. The fraction of sp³-hybridized carbons (Fsp3) is 0.500. The molecule has 1 saturated heterocycles. The average molecular weight is 261 g/mol. The van der Waals surface area contributed by atoms with Crippen LogP contribution in [0.4, 0.5) is 17.1 Å². The Hall–Kier alpha value is -1.91. The first kappa shape index (κ1) is 12.1. The number of nitrogens with two attached hydrogens (primary N) is 1. The van der Waals surface area contributed by atoms with Crippen molar-refractivity contribution in [3.63, 3.8) is 0 Å². The SMILES string of the molecule is CC1CCCCN1c1cc2c(cc1N)OCC(=O)N2. The lowest BCUT2D eigenvalue weighted by Gasteiger charge is -2.36. The molecule has 102 valence electrons. The van der Waals surface area contributed by atoms with Gasteiger partial charge in [0.05, 0.1) is 17.1 Å². The van der Waals surface area contributed by atoms with E-state index in [0.717, 1.165) is 17.9 Å². The highest BCUT2D eigenvalue weighted by Crippen LogP contribution is 2.38. The Bertz CT molecular complexity index is 516. The second kappa shape index (κ2) is 4.64. The van der Waals surface area contributed by atoms with Crippen LogP contribution in [0.15, 0.2) is 12.1 Å². The van der Waals surface area contributed by atoms with Gasteiger partial charge in [0.25, 0.3) is 5.91 Å². The molecule has 3 rings (SSSR count). The molecule has 0 aliphatic carbocycles. The molecule has 1 atom stereocenters. The average Bonchev–Trinajstić information content (AvgIpc) is 2.39. The smallest absolute Gasteiger partial charge is 0.262 e. The Labute approximate surface area is 112 Å². The first-order valence-corrected chi connectivity index (χ1v) is 6.78. The van der Waals surface area contributed by atoms with Crippen LogP contribution in [0.3, 0.4) is 0 Å². The van der Waals surface area contributed by atoms with E-state index < -0.39 is 0 Å². The number of carbonyl (C=O) groups excluding carboxylic acids is 1. The Kier molecular flexibility index (Phi) is 2.97. The normalized spacial score (nSPS) is 22.5. The van der Waals surface area contributed by atoms with E-state index >= 15 is 0 Å². The van der Waals surface area contributed by atoms with Crippen LogP contribution in [0.1, 0.15) is 26.2 Å². The number of benzene rings is 1. The van der Waals surface area contributed by atoms with Crippen molar-refractivity contribution in [2.24, 2.45) is 0 Å². The predicted octanol–water partition coefficient (Wildman–Crippen LogP) is 1.98. The van der Waals surface area contributed by atoms with Crippen LogP contribution in [0.2, 0.25) is 0 Å². The predicted molar refractivity (Wildman–Crippen MR) is 75.6 cm³/mol. The van der Waals surface area contributed by atoms with Gasteiger partial charge in [-0.2, -0.15) is 0 Å². The van der Waals surface area contributed by atoms with Crippen molar-refractivity contribution in [3.8, 4) is 5.75 Å². The molecule has 1 aromatic rings. The minimum absolute atomic E-state index is 0.0614. The van der Waals surface area contributed by atoms with E-state index in [1.807, 2.05) is 12.1 Å². The van der Waals surface area contributed by atoms with Gasteiger partial charge in [0.2, 0.25) is 0 Å². The standard InChI is InChI=1S/C14H19N3O2/c1-9-4-2-3-5-17(9)12-7-11-13(6-10(12)15)19-8-14(18)16-11/h6-7,9H,2-5,8,15H2,1H3,(H,16,18). The Morgan fingerprint density at radius 1 is 1.42 bits per heavy atom. The number of nitrogens with one attached hydrogen (secondary N) is 1. The number of fused-ring (bicyclic) bond motifs is 1. The Morgan fingerprint density at radius 2 is 2.26 bits per heavy atom. The highest BCUT2D eigenvalue weighted by Gasteiger charge is 2.24. The molecule has 5 heteroatoms. The van der Waals surface area contributed by atoms with E-state index in [0.29, 0.717) is 17.5 Å². The van der Waals surface area contributed by atoms with Crippen LogP contribution in [0.25, 0.3) is 0 Å². The summed E-state index contributed by atoms with van der Waals surface area (Å²) in [5, 5.41) is 2.84. The maximum Gasteiger partial charge on any atom is 0.262 e. The van der Waals surface area contributed by atoms with Crippen LogP contribution in [-0.2, 0) is 4.79 Å². The van der Waals surface area contributed by atoms with Gasteiger partial charge in [0.1, 0.15) is 5.75 Å². The maximum absolute atomic E-state index is 11.4. The van der Waals surface area contributed by atoms with Gasteiger partial charge in [0, 0.05) is 18.7 Å². The number of nitrogen functional groups attached to an aromatic ring is 1. The summed E-state index contributed by atoms with van der Waals surface area (Å²) < 4.78 is 5.38. The van der Waals surface area contributed by atoms with Crippen molar-refractivity contribution < 1.29 is 9.53 Å². The van der Waals surface area contributed by atoms with Gasteiger partial charge in [-0.1, -0.05) is 0 Å². The molecule has 1 aromatic carbocycles. The number of hydrogen-bond donors (Lipinski definition) is 2. The third-order valence-corrected chi connectivity index (χ3v) is 3.87. The number of hydrogen-bond acceptors (Lipinski definition) is 4. The molecule has 0 radical (unpaired) electrons. The minimum Gasteiger partial charge on any atom is -0.482 e. The van der Waals surface area contributed by atoms with Gasteiger partial charge in [-0.3, -0.25) is 4.79 Å². The quantitative estimate of drug-likeness (QED) is 0.758. The van der Waals surface area contributed by atoms with Crippen LogP contribution in [0.5, 0.6) is 5.75 Å². The summed E-state index contributed by atoms with van der Waals surface area (Å²) in [5.41, 5.74) is 8.57. The molecular weight excluding hydrogens is 242 g/mol. The van der Waals surface area contributed by atoms with Gasteiger partial charge in [-0.25, -0.2) is 0 Å².